The van der Waals surface area contributed by atoms with E-state index in [-0.39, 0.29) is 11.4 Å². The fourth-order valence-corrected chi connectivity index (χ4v) is 3.42. The van der Waals surface area contributed by atoms with Crippen LogP contribution in [0.1, 0.15) is 32.3 Å². The molecule has 1 atom stereocenters. The number of halogens is 2. The van der Waals surface area contributed by atoms with Crippen LogP contribution in [-0.2, 0) is 6.54 Å². The molecule has 2 fully saturated rings. The lowest BCUT2D eigenvalue weighted by Crippen LogP contribution is -2.61. The predicted octanol–water partition coefficient (Wildman–Crippen LogP) is 3.44. The Bertz CT molecular complexity index is 479. The van der Waals surface area contributed by atoms with E-state index < -0.39 is 0 Å². The second kappa shape index (κ2) is 5.28. The molecule has 1 unspecified atom stereocenters. The molecular weight excluding hydrogens is 275 g/mol. The molecular formula is C16H22ClFN2. The third kappa shape index (κ3) is 3.00. The topological polar surface area (TPSA) is 15.3 Å². The minimum Gasteiger partial charge on any atom is -0.309 e. The van der Waals surface area contributed by atoms with Gasteiger partial charge < -0.3 is 5.32 Å². The highest BCUT2D eigenvalue weighted by molar-refractivity contribution is 6.31. The first kappa shape index (κ1) is 14.3. The molecule has 2 aliphatic rings. The standard InChI is InChI=1S/C16H22ClFN2/c1-16(2)10-20(15(8-19-16)11-6-7-11)9-12-13(17)4-3-5-14(12)18/h3-5,11,15,19H,6-10H2,1-2H3. The molecule has 110 valence electrons. The number of hydrogen-bond acceptors (Lipinski definition) is 2. The van der Waals surface area contributed by atoms with E-state index in [1.165, 1.54) is 18.9 Å². The summed E-state index contributed by atoms with van der Waals surface area (Å²) >= 11 is 6.18. The Hall–Kier alpha value is -0.640. The molecule has 0 amide bonds. The van der Waals surface area contributed by atoms with Crippen LogP contribution in [0.5, 0.6) is 0 Å². The van der Waals surface area contributed by atoms with Gasteiger partial charge in [-0.3, -0.25) is 4.90 Å². The zero-order valence-corrected chi connectivity index (χ0v) is 12.9. The van der Waals surface area contributed by atoms with Crippen molar-refractivity contribution in [1.82, 2.24) is 10.2 Å². The van der Waals surface area contributed by atoms with Crippen molar-refractivity contribution in [3.8, 4) is 0 Å². The maximum atomic E-state index is 14.0. The Morgan fingerprint density at radius 1 is 1.40 bits per heavy atom. The molecule has 0 aromatic heterocycles. The van der Waals surface area contributed by atoms with Gasteiger partial charge in [-0.2, -0.15) is 0 Å². The molecule has 1 aromatic carbocycles. The maximum Gasteiger partial charge on any atom is 0.129 e. The fraction of sp³-hybridized carbons (Fsp3) is 0.625. The summed E-state index contributed by atoms with van der Waals surface area (Å²) in [4.78, 5) is 2.42. The van der Waals surface area contributed by atoms with Crippen LogP contribution in [-0.4, -0.2) is 29.6 Å². The minimum absolute atomic E-state index is 0.0725. The van der Waals surface area contributed by atoms with Gasteiger partial charge in [0.05, 0.1) is 0 Å². The van der Waals surface area contributed by atoms with E-state index in [2.05, 4.69) is 24.1 Å². The normalized spacial score (nSPS) is 26.7. The van der Waals surface area contributed by atoms with Crippen molar-refractivity contribution >= 4 is 11.6 Å². The Morgan fingerprint density at radius 3 is 2.80 bits per heavy atom. The van der Waals surface area contributed by atoms with Gasteiger partial charge in [-0.05, 0) is 44.7 Å². The summed E-state index contributed by atoms with van der Waals surface area (Å²) in [7, 11) is 0. The van der Waals surface area contributed by atoms with Gasteiger partial charge in [0, 0.05) is 41.8 Å². The van der Waals surface area contributed by atoms with Crippen LogP contribution in [0, 0.1) is 11.7 Å². The van der Waals surface area contributed by atoms with E-state index in [9.17, 15) is 4.39 Å². The van der Waals surface area contributed by atoms with Crippen molar-refractivity contribution in [2.45, 2.75) is 44.8 Å². The molecule has 0 radical (unpaired) electrons. The van der Waals surface area contributed by atoms with Crippen molar-refractivity contribution in [2.24, 2.45) is 5.92 Å². The Balaban J connectivity index is 1.82. The lowest BCUT2D eigenvalue weighted by atomic mass is 9.96. The Kier molecular flexibility index (Phi) is 3.78. The van der Waals surface area contributed by atoms with Crippen molar-refractivity contribution in [1.29, 1.82) is 0 Å². The third-order valence-electron chi connectivity index (χ3n) is 4.45. The molecule has 1 aliphatic carbocycles. The number of nitrogens with one attached hydrogen (secondary N) is 1. The van der Waals surface area contributed by atoms with Crippen molar-refractivity contribution in [2.75, 3.05) is 13.1 Å². The lowest BCUT2D eigenvalue weighted by molar-refractivity contribution is 0.0750. The summed E-state index contributed by atoms with van der Waals surface area (Å²) in [5.74, 6) is 0.576. The van der Waals surface area contributed by atoms with Crippen LogP contribution in [0.3, 0.4) is 0 Å². The molecule has 1 saturated carbocycles. The van der Waals surface area contributed by atoms with Crippen LogP contribution in [0.2, 0.25) is 5.02 Å². The van der Waals surface area contributed by atoms with E-state index in [1.807, 2.05) is 0 Å². The Morgan fingerprint density at radius 2 is 2.15 bits per heavy atom. The van der Waals surface area contributed by atoms with Gasteiger partial charge in [0.2, 0.25) is 0 Å². The van der Waals surface area contributed by atoms with Gasteiger partial charge in [0.1, 0.15) is 5.82 Å². The number of rotatable bonds is 3. The summed E-state index contributed by atoms with van der Waals surface area (Å²) in [5.41, 5.74) is 0.709. The van der Waals surface area contributed by atoms with E-state index in [1.54, 1.807) is 12.1 Å². The fourth-order valence-electron chi connectivity index (χ4n) is 3.20. The van der Waals surface area contributed by atoms with Crippen molar-refractivity contribution in [3.05, 3.63) is 34.6 Å². The SMILES string of the molecule is CC1(C)CN(Cc2c(F)cccc2Cl)C(C2CC2)CN1. The maximum absolute atomic E-state index is 14.0. The van der Waals surface area contributed by atoms with Gasteiger partial charge in [-0.25, -0.2) is 4.39 Å². The van der Waals surface area contributed by atoms with Crippen LogP contribution >= 0.6 is 11.6 Å². The molecule has 0 spiro atoms. The molecule has 4 heteroatoms. The molecule has 1 aromatic rings. The quantitative estimate of drug-likeness (QED) is 0.919. The first-order chi connectivity index (χ1) is 9.46. The summed E-state index contributed by atoms with van der Waals surface area (Å²) < 4.78 is 14.0. The summed E-state index contributed by atoms with van der Waals surface area (Å²) in [6.45, 7) is 6.93. The first-order valence-corrected chi connectivity index (χ1v) is 7.76. The Labute approximate surface area is 125 Å². The van der Waals surface area contributed by atoms with Gasteiger partial charge in [-0.1, -0.05) is 17.7 Å². The van der Waals surface area contributed by atoms with Crippen molar-refractivity contribution in [3.63, 3.8) is 0 Å². The summed E-state index contributed by atoms with van der Waals surface area (Å²) in [5, 5.41) is 4.14. The summed E-state index contributed by atoms with van der Waals surface area (Å²) in [6, 6.07) is 5.46. The second-order valence-electron chi connectivity index (χ2n) is 6.77. The van der Waals surface area contributed by atoms with Crippen LogP contribution < -0.4 is 5.32 Å². The van der Waals surface area contributed by atoms with Crippen LogP contribution in [0.4, 0.5) is 4.39 Å². The molecule has 3 rings (SSSR count). The average molecular weight is 297 g/mol. The van der Waals surface area contributed by atoms with Crippen LogP contribution in [0.25, 0.3) is 0 Å². The van der Waals surface area contributed by atoms with Gasteiger partial charge in [-0.15, -0.1) is 0 Å². The van der Waals surface area contributed by atoms with Gasteiger partial charge in [0.25, 0.3) is 0 Å². The highest BCUT2D eigenvalue weighted by Gasteiger charge is 2.41. The average Bonchev–Trinajstić information content (AvgIpc) is 3.17. The summed E-state index contributed by atoms with van der Waals surface area (Å²) in [6.07, 6.45) is 2.60. The monoisotopic (exact) mass is 296 g/mol. The molecule has 1 heterocycles. The highest BCUT2D eigenvalue weighted by Crippen LogP contribution is 2.38. The zero-order valence-electron chi connectivity index (χ0n) is 12.1. The van der Waals surface area contributed by atoms with Crippen molar-refractivity contribution < 1.29 is 4.39 Å². The minimum atomic E-state index is -0.191. The van der Waals surface area contributed by atoms with Gasteiger partial charge >= 0.3 is 0 Å². The number of benzene rings is 1. The third-order valence-corrected chi connectivity index (χ3v) is 4.80. The lowest BCUT2D eigenvalue weighted by Gasteiger charge is -2.45. The van der Waals surface area contributed by atoms with Gasteiger partial charge in [0.15, 0.2) is 0 Å². The molecule has 1 N–H and O–H groups in total. The number of piperazine rings is 1. The smallest absolute Gasteiger partial charge is 0.129 e. The molecule has 1 saturated heterocycles. The molecule has 1 aliphatic heterocycles. The number of nitrogens with zero attached hydrogens (tertiary/aromatic N) is 1. The van der Waals surface area contributed by atoms with E-state index in [0.29, 0.717) is 23.2 Å². The van der Waals surface area contributed by atoms with E-state index in [0.717, 1.165) is 19.0 Å². The largest absolute Gasteiger partial charge is 0.309 e. The number of hydrogen-bond donors (Lipinski definition) is 1. The highest BCUT2D eigenvalue weighted by atomic mass is 35.5. The second-order valence-corrected chi connectivity index (χ2v) is 7.18. The zero-order chi connectivity index (χ0) is 14.3. The van der Waals surface area contributed by atoms with Crippen LogP contribution in [0.15, 0.2) is 18.2 Å². The molecule has 2 nitrogen and oxygen atoms in total. The molecule has 20 heavy (non-hydrogen) atoms. The first-order valence-electron chi connectivity index (χ1n) is 7.38. The van der Waals surface area contributed by atoms with E-state index in [4.69, 9.17) is 11.6 Å². The molecule has 0 bridgehead atoms. The van der Waals surface area contributed by atoms with E-state index >= 15 is 0 Å². The predicted molar refractivity (Wildman–Crippen MR) is 80.4 cm³/mol.